The highest BCUT2D eigenvalue weighted by Crippen LogP contribution is 2.22. The molecule has 0 fully saturated rings. The lowest BCUT2D eigenvalue weighted by atomic mass is 10.1. The van der Waals surface area contributed by atoms with Crippen LogP contribution in [0.1, 0.15) is 35.1 Å². The zero-order valence-corrected chi connectivity index (χ0v) is 14.1. The van der Waals surface area contributed by atoms with Gasteiger partial charge >= 0.3 is 5.97 Å². The molecule has 0 spiro atoms. The van der Waals surface area contributed by atoms with Crippen LogP contribution in [0.3, 0.4) is 0 Å². The second-order valence-corrected chi connectivity index (χ2v) is 6.65. The summed E-state index contributed by atoms with van der Waals surface area (Å²) in [6.45, 7) is 3.25. The second-order valence-electron chi connectivity index (χ2n) is 4.93. The standard InChI is InChI=1S/C16H15ClFNO3S/c1-9(11-3-5-12(18)6-4-11)19-15(20)10(2)22-16(21)13-7-8-14(17)23-13/h3-10H,1-2H3,(H,19,20). The van der Waals surface area contributed by atoms with Crippen LogP contribution >= 0.6 is 22.9 Å². The Bertz CT molecular complexity index is 702. The monoisotopic (exact) mass is 355 g/mol. The number of carbonyl (C=O) groups is 2. The normalized spacial score (nSPS) is 13.2. The van der Waals surface area contributed by atoms with E-state index in [9.17, 15) is 14.0 Å². The fraction of sp³-hybridized carbons (Fsp3) is 0.250. The van der Waals surface area contributed by atoms with Crippen LogP contribution in [0.2, 0.25) is 4.34 Å². The van der Waals surface area contributed by atoms with E-state index < -0.39 is 18.0 Å². The van der Waals surface area contributed by atoms with Crippen LogP contribution in [-0.4, -0.2) is 18.0 Å². The maximum Gasteiger partial charge on any atom is 0.349 e. The Morgan fingerprint density at radius 3 is 2.39 bits per heavy atom. The molecular formula is C16H15ClFNO3S. The lowest BCUT2D eigenvalue weighted by Gasteiger charge is -2.18. The number of ether oxygens (including phenoxy) is 1. The predicted octanol–water partition coefficient (Wildman–Crippen LogP) is 3.96. The van der Waals surface area contributed by atoms with E-state index in [1.165, 1.54) is 19.1 Å². The summed E-state index contributed by atoms with van der Waals surface area (Å²) in [6.07, 6.45) is -0.953. The van der Waals surface area contributed by atoms with Crippen molar-refractivity contribution < 1.29 is 18.7 Å². The van der Waals surface area contributed by atoms with Crippen molar-refractivity contribution in [2.75, 3.05) is 0 Å². The van der Waals surface area contributed by atoms with Gasteiger partial charge in [-0.15, -0.1) is 11.3 Å². The van der Waals surface area contributed by atoms with Gasteiger partial charge in [0.25, 0.3) is 5.91 Å². The molecule has 7 heteroatoms. The predicted molar refractivity (Wildman–Crippen MR) is 87.2 cm³/mol. The summed E-state index contributed by atoms with van der Waals surface area (Å²) < 4.78 is 18.5. The van der Waals surface area contributed by atoms with Crippen molar-refractivity contribution in [2.24, 2.45) is 0 Å². The van der Waals surface area contributed by atoms with Gasteiger partial charge in [-0.25, -0.2) is 9.18 Å². The van der Waals surface area contributed by atoms with Gasteiger partial charge in [0.15, 0.2) is 6.10 Å². The molecule has 0 bridgehead atoms. The first-order chi connectivity index (χ1) is 10.9. The first-order valence-electron chi connectivity index (χ1n) is 6.89. The van der Waals surface area contributed by atoms with E-state index in [4.69, 9.17) is 16.3 Å². The second kappa shape index (κ2) is 7.57. The Kier molecular flexibility index (Phi) is 5.74. The Balaban J connectivity index is 1.91. The third-order valence-corrected chi connectivity index (χ3v) is 4.37. The lowest BCUT2D eigenvalue weighted by Crippen LogP contribution is -2.37. The Hall–Kier alpha value is -1.92. The van der Waals surface area contributed by atoms with Crippen molar-refractivity contribution in [2.45, 2.75) is 26.0 Å². The number of rotatable bonds is 5. The van der Waals surface area contributed by atoms with Gasteiger partial charge in [0.2, 0.25) is 0 Å². The fourth-order valence-electron chi connectivity index (χ4n) is 1.86. The van der Waals surface area contributed by atoms with Gasteiger partial charge in [0.1, 0.15) is 10.7 Å². The summed E-state index contributed by atoms with van der Waals surface area (Å²) in [5, 5.41) is 2.72. The van der Waals surface area contributed by atoms with Crippen molar-refractivity contribution >= 4 is 34.8 Å². The summed E-state index contributed by atoms with van der Waals surface area (Å²) in [6, 6.07) is 8.62. The Morgan fingerprint density at radius 2 is 1.83 bits per heavy atom. The fourth-order valence-corrected chi connectivity index (χ4v) is 2.79. The molecule has 0 saturated heterocycles. The molecule has 1 aromatic heterocycles. The van der Waals surface area contributed by atoms with Crippen molar-refractivity contribution in [3.05, 3.63) is 57.0 Å². The first-order valence-corrected chi connectivity index (χ1v) is 8.08. The van der Waals surface area contributed by atoms with Crippen LogP contribution in [0.15, 0.2) is 36.4 Å². The average Bonchev–Trinajstić information content (AvgIpc) is 2.94. The van der Waals surface area contributed by atoms with Gasteiger partial charge < -0.3 is 10.1 Å². The molecule has 0 aliphatic carbocycles. The van der Waals surface area contributed by atoms with E-state index in [2.05, 4.69) is 5.32 Å². The number of halogens is 2. The Morgan fingerprint density at radius 1 is 1.17 bits per heavy atom. The lowest BCUT2D eigenvalue weighted by molar-refractivity contribution is -0.129. The molecule has 1 heterocycles. The largest absolute Gasteiger partial charge is 0.448 e. The van der Waals surface area contributed by atoms with E-state index in [0.29, 0.717) is 9.21 Å². The zero-order chi connectivity index (χ0) is 17.0. The van der Waals surface area contributed by atoms with Gasteiger partial charge in [-0.1, -0.05) is 23.7 Å². The van der Waals surface area contributed by atoms with Crippen LogP contribution in [0.25, 0.3) is 0 Å². The molecule has 4 nitrogen and oxygen atoms in total. The first kappa shape index (κ1) is 17.4. The van der Waals surface area contributed by atoms with Gasteiger partial charge in [-0.05, 0) is 43.7 Å². The molecule has 2 atom stereocenters. The smallest absolute Gasteiger partial charge is 0.349 e. The van der Waals surface area contributed by atoms with Crippen molar-refractivity contribution in [3.63, 3.8) is 0 Å². The highest BCUT2D eigenvalue weighted by Gasteiger charge is 2.21. The molecule has 1 N–H and O–H groups in total. The van der Waals surface area contributed by atoms with E-state index in [-0.39, 0.29) is 11.9 Å². The molecule has 2 rings (SSSR count). The molecule has 1 aromatic carbocycles. The molecule has 122 valence electrons. The van der Waals surface area contributed by atoms with Gasteiger partial charge in [0.05, 0.1) is 10.4 Å². The van der Waals surface area contributed by atoms with Crippen molar-refractivity contribution in [1.29, 1.82) is 0 Å². The molecule has 1 amide bonds. The van der Waals surface area contributed by atoms with E-state index in [1.54, 1.807) is 31.2 Å². The highest BCUT2D eigenvalue weighted by molar-refractivity contribution is 7.17. The number of esters is 1. The van der Waals surface area contributed by atoms with Crippen LogP contribution in [0.5, 0.6) is 0 Å². The summed E-state index contributed by atoms with van der Waals surface area (Å²) >= 11 is 6.84. The van der Waals surface area contributed by atoms with E-state index >= 15 is 0 Å². The minimum atomic E-state index is -0.953. The number of carbonyl (C=O) groups excluding carboxylic acids is 2. The van der Waals surface area contributed by atoms with E-state index in [0.717, 1.165) is 16.9 Å². The molecule has 0 radical (unpaired) electrons. The number of benzene rings is 1. The summed E-state index contributed by atoms with van der Waals surface area (Å²) in [5.41, 5.74) is 0.753. The number of amides is 1. The molecule has 2 aromatic rings. The molecular weight excluding hydrogens is 341 g/mol. The van der Waals surface area contributed by atoms with Crippen LogP contribution in [-0.2, 0) is 9.53 Å². The average molecular weight is 356 g/mol. The number of hydrogen-bond acceptors (Lipinski definition) is 4. The summed E-state index contributed by atoms with van der Waals surface area (Å²) in [7, 11) is 0. The quantitative estimate of drug-likeness (QED) is 0.826. The van der Waals surface area contributed by atoms with Gasteiger partial charge in [-0.2, -0.15) is 0 Å². The SMILES string of the molecule is CC(OC(=O)c1ccc(Cl)s1)C(=O)NC(C)c1ccc(F)cc1. The third kappa shape index (κ3) is 4.77. The third-order valence-electron chi connectivity index (χ3n) is 3.16. The zero-order valence-electron chi connectivity index (χ0n) is 12.5. The highest BCUT2D eigenvalue weighted by atomic mass is 35.5. The van der Waals surface area contributed by atoms with Crippen molar-refractivity contribution in [1.82, 2.24) is 5.32 Å². The maximum absolute atomic E-state index is 12.9. The van der Waals surface area contributed by atoms with Gasteiger partial charge in [0, 0.05) is 0 Å². The number of thiophene rings is 1. The number of nitrogens with one attached hydrogen (secondary N) is 1. The minimum Gasteiger partial charge on any atom is -0.448 e. The molecule has 0 saturated carbocycles. The minimum absolute atomic E-state index is 0.333. The van der Waals surface area contributed by atoms with Gasteiger partial charge in [-0.3, -0.25) is 4.79 Å². The van der Waals surface area contributed by atoms with Crippen LogP contribution in [0.4, 0.5) is 4.39 Å². The summed E-state index contributed by atoms with van der Waals surface area (Å²) in [4.78, 5) is 24.3. The molecule has 0 aliphatic rings. The van der Waals surface area contributed by atoms with Crippen LogP contribution < -0.4 is 5.32 Å². The molecule has 0 aliphatic heterocycles. The molecule has 2 unspecified atom stereocenters. The molecule has 23 heavy (non-hydrogen) atoms. The van der Waals surface area contributed by atoms with E-state index in [1.807, 2.05) is 0 Å². The number of hydrogen-bond donors (Lipinski definition) is 1. The Labute approximate surface area is 142 Å². The van der Waals surface area contributed by atoms with Crippen LogP contribution in [0, 0.1) is 5.82 Å². The maximum atomic E-state index is 12.9. The topological polar surface area (TPSA) is 55.4 Å². The summed E-state index contributed by atoms with van der Waals surface area (Å²) in [5.74, 6) is -1.37. The van der Waals surface area contributed by atoms with Crippen molar-refractivity contribution in [3.8, 4) is 0 Å².